The molecule has 0 spiro atoms. The number of amides is 2. The number of nitrogens with one attached hydrogen (secondary N) is 1. The second-order valence-corrected chi connectivity index (χ2v) is 5.62. The number of fused-ring (bicyclic) bond motifs is 1. The fraction of sp³-hybridized carbons (Fsp3) is 0.500. The molecule has 1 N–H and O–H groups in total. The Bertz CT molecular complexity index is 565. The van der Waals surface area contributed by atoms with Crippen LogP contribution >= 0.6 is 0 Å². The molecular formula is C16H20N2O3. The molecule has 0 saturated carbocycles. The summed E-state index contributed by atoms with van der Waals surface area (Å²) in [7, 11) is 0. The topological polar surface area (TPSA) is 58.6 Å². The predicted molar refractivity (Wildman–Crippen MR) is 80.3 cm³/mol. The smallest absolute Gasteiger partial charge is 0.230 e. The minimum Gasteiger partial charge on any atom is -0.381 e. The van der Waals surface area contributed by atoms with Crippen molar-refractivity contribution in [3.05, 3.63) is 23.8 Å². The summed E-state index contributed by atoms with van der Waals surface area (Å²) < 4.78 is 5.33. The molecule has 1 saturated heterocycles. The maximum Gasteiger partial charge on any atom is 0.230 e. The Hall–Kier alpha value is -1.88. The highest BCUT2D eigenvalue weighted by Gasteiger charge is 2.32. The van der Waals surface area contributed by atoms with Crippen molar-refractivity contribution in [2.24, 2.45) is 5.92 Å². The van der Waals surface area contributed by atoms with Crippen molar-refractivity contribution in [3.8, 4) is 0 Å². The molecule has 1 fully saturated rings. The number of rotatable bonds is 2. The van der Waals surface area contributed by atoms with Gasteiger partial charge in [0.1, 0.15) is 0 Å². The summed E-state index contributed by atoms with van der Waals surface area (Å²) in [5.41, 5.74) is 2.74. The number of anilines is 2. The Morgan fingerprint density at radius 1 is 1.29 bits per heavy atom. The van der Waals surface area contributed by atoms with E-state index in [0.29, 0.717) is 19.8 Å². The molecular weight excluding hydrogens is 268 g/mol. The van der Waals surface area contributed by atoms with Crippen LogP contribution in [0.3, 0.4) is 0 Å². The molecule has 1 aromatic carbocycles. The summed E-state index contributed by atoms with van der Waals surface area (Å²) in [5, 5.41) is 2.84. The molecule has 0 atom stereocenters. The van der Waals surface area contributed by atoms with Crippen molar-refractivity contribution >= 4 is 23.2 Å². The lowest BCUT2D eigenvalue weighted by Gasteiger charge is -2.27. The van der Waals surface area contributed by atoms with Crippen molar-refractivity contribution < 1.29 is 14.3 Å². The zero-order valence-corrected chi connectivity index (χ0v) is 12.2. The average molecular weight is 288 g/mol. The molecule has 1 aromatic rings. The molecule has 21 heavy (non-hydrogen) atoms. The van der Waals surface area contributed by atoms with E-state index in [4.69, 9.17) is 4.74 Å². The molecule has 0 unspecified atom stereocenters. The van der Waals surface area contributed by atoms with Crippen LogP contribution in [0.5, 0.6) is 0 Å². The molecule has 2 aliphatic rings. The largest absolute Gasteiger partial charge is 0.381 e. The zero-order chi connectivity index (χ0) is 14.8. The van der Waals surface area contributed by atoms with E-state index in [0.717, 1.165) is 36.2 Å². The molecule has 2 aliphatic heterocycles. The number of benzene rings is 1. The van der Waals surface area contributed by atoms with Crippen molar-refractivity contribution in [3.63, 3.8) is 0 Å². The van der Waals surface area contributed by atoms with Gasteiger partial charge in [-0.2, -0.15) is 0 Å². The van der Waals surface area contributed by atoms with Gasteiger partial charge in [-0.15, -0.1) is 0 Å². The quantitative estimate of drug-likeness (QED) is 0.905. The molecule has 0 aliphatic carbocycles. The van der Waals surface area contributed by atoms with Crippen LogP contribution < -0.4 is 10.2 Å². The van der Waals surface area contributed by atoms with Gasteiger partial charge in [0.15, 0.2) is 0 Å². The summed E-state index contributed by atoms with van der Waals surface area (Å²) in [6.07, 6.45) is 2.41. The van der Waals surface area contributed by atoms with Crippen LogP contribution in [0, 0.1) is 5.92 Å². The van der Waals surface area contributed by atoms with Crippen LogP contribution in [0.25, 0.3) is 0 Å². The van der Waals surface area contributed by atoms with Gasteiger partial charge in [0.2, 0.25) is 11.8 Å². The number of ether oxygens (including phenoxy) is 1. The predicted octanol–water partition coefficient (Wildman–Crippen LogP) is 1.96. The molecule has 0 radical (unpaired) electrons. The van der Waals surface area contributed by atoms with E-state index in [1.165, 1.54) is 6.92 Å². The zero-order valence-electron chi connectivity index (χ0n) is 12.2. The number of carbonyl (C=O) groups is 2. The van der Waals surface area contributed by atoms with Crippen LogP contribution in [-0.4, -0.2) is 31.6 Å². The second-order valence-electron chi connectivity index (χ2n) is 5.62. The van der Waals surface area contributed by atoms with E-state index in [9.17, 15) is 9.59 Å². The summed E-state index contributed by atoms with van der Waals surface area (Å²) in [6.45, 7) is 3.50. The summed E-state index contributed by atoms with van der Waals surface area (Å²) in [6, 6.07) is 5.81. The van der Waals surface area contributed by atoms with Crippen LogP contribution in [0.2, 0.25) is 0 Å². The number of hydrogen-bond acceptors (Lipinski definition) is 3. The van der Waals surface area contributed by atoms with E-state index in [1.807, 2.05) is 23.1 Å². The number of hydrogen-bond donors (Lipinski definition) is 1. The third-order valence-corrected chi connectivity index (χ3v) is 4.14. The first-order chi connectivity index (χ1) is 10.2. The Labute approximate surface area is 124 Å². The fourth-order valence-corrected chi connectivity index (χ4v) is 3.13. The summed E-state index contributed by atoms with van der Waals surface area (Å²) in [5.74, 6) is 0.0821. The van der Waals surface area contributed by atoms with Crippen LogP contribution in [-0.2, 0) is 20.7 Å². The number of nitrogens with zero attached hydrogens (tertiary/aromatic N) is 1. The van der Waals surface area contributed by atoms with E-state index in [-0.39, 0.29) is 17.7 Å². The third kappa shape index (κ3) is 2.78. The molecule has 5 nitrogen and oxygen atoms in total. The Morgan fingerprint density at radius 2 is 2.05 bits per heavy atom. The minimum absolute atomic E-state index is 0.0371. The van der Waals surface area contributed by atoms with E-state index < -0.39 is 0 Å². The molecule has 3 rings (SSSR count). The van der Waals surface area contributed by atoms with Crippen LogP contribution in [0.4, 0.5) is 11.4 Å². The van der Waals surface area contributed by atoms with Crippen molar-refractivity contribution in [2.45, 2.75) is 26.2 Å². The first kappa shape index (κ1) is 14.1. The van der Waals surface area contributed by atoms with Gasteiger partial charge in [-0.05, 0) is 30.9 Å². The number of carbonyl (C=O) groups excluding carboxylic acids is 2. The van der Waals surface area contributed by atoms with Gasteiger partial charge in [0.25, 0.3) is 0 Å². The standard InChI is InChI=1S/C16H20N2O3/c1-11(19)17-14-4-2-3-12-5-8-18(15(12)14)16(20)13-6-9-21-10-7-13/h2-4,13H,5-10H2,1H3,(H,17,19). The van der Waals surface area contributed by atoms with Gasteiger partial charge in [0, 0.05) is 32.6 Å². The van der Waals surface area contributed by atoms with Gasteiger partial charge in [-0.1, -0.05) is 12.1 Å². The van der Waals surface area contributed by atoms with Crippen molar-refractivity contribution in [1.29, 1.82) is 0 Å². The highest BCUT2D eigenvalue weighted by atomic mass is 16.5. The van der Waals surface area contributed by atoms with Gasteiger partial charge in [-0.3, -0.25) is 9.59 Å². The normalized spacial score (nSPS) is 18.4. The first-order valence-corrected chi connectivity index (χ1v) is 7.45. The Balaban J connectivity index is 1.87. The van der Waals surface area contributed by atoms with Crippen LogP contribution in [0.15, 0.2) is 18.2 Å². The third-order valence-electron chi connectivity index (χ3n) is 4.14. The molecule has 112 valence electrons. The van der Waals surface area contributed by atoms with Crippen molar-refractivity contribution in [2.75, 3.05) is 30.0 Å². The second kappa shape index (κ2) is 5.85. The van der Waals surface area contributed by atoms with E-state index >= 15 is 0 Å². The maximum atomic E-state index is 12.8. The summed E-state index contributed by atoms with van der Waals surface area (Å²) >= 11 is 0. The molecule has 2 amide bonds. The monoisotopic (exact) mass is 288 g/mol. The lowest BCUT2D eigenvalue weighted by molar-refractivity contribution is -0.125. The maximum absolute atomic E-state index is 12.8. The SMILES string of the molecule is CC(=O)Nc1cccc2c1N(C(=O)C1CCOCC1)CC2. The highest BCUT2D eigenvalue weighted by Crippen LogP contribution is 2.37. The van der Waals surface area contributed by atoms with Crippen LogP contribution in [0.1, 0.15) is 25.3 Å². The Kier molecular flexibility index (Phi) is 3.92. The van der Waals surface area contributed by atoms with Gasteiger partial charge >= 0.3 is 0 Å². The lowest BCUT2D eigenvalue weighted by Crippen LogP contribution is -2.37. The highest BCUT2D eigenvalue weighted by molar-refractivity contribution is 6.03. The van der Waals surface area contributed by atoms with Gasteiger partial charge in [0.05, 0.1) is 11.4 Å². The fourth-order valence-electron chi connectivity index (χ4n) is 3.13. The molecule has 5 heteroatoms. The van der Waals surface area contributed by atoms with Crippen molar-refractivity contribution in [1.82, 2.24) is 0 Å². The lowest BCUT2D eigenvalue weighted by atomic mass is 9.98. The molecule has 0 aromatic heterocycles. The average Bonchev–Trinajstić information content (AvgIpc) is 2.92. The minimum atomic E-state index is -0.117. The van der Waals surface area contributed by atoms with E-state index in [2.05, 4.69) is 5.32 Å². The first-order valence-electron chi connectivity index (χ1n) is 7.45. The van der Waals surface area contributed by atoms with Gasteiger partial charge in [-0.25, -0.2) is 0 Å². The number of para-hydroxylation sites is 1. The molecule has 0 bridgehead atoms. The van der Waals surface area contributed by atoms with Gasteiger partial charge < -0.3 is 15.0 Å². The summed E-state index contributed by atoms with van der Waals surface area (Å²) in [4.78, 5) is 26.0. The van der Waals surface area contributed by atoms with E-state index in [1.54, 1.807) is 0 Å². The Morgan fingerprint density at radius 3 is 2.76 bits per heavy atom. The molecule has 2 heterocycles.